The van der Waals surface area contributed by atoms with Crippen LogP contribution in [0.25, 0.3) is 0 Å². The van der Waals surface area contributed by atoms with Crippen LogP contribution in [0.15, 0.2) is 27.6 Å². The number of nitrogens with zero attached hydrogens (tertiary/aromatic N) is 1. The Bertz CT molecular complexity index is 674. The molecule has 0 aliphatic carbocycles. The Morgan fingerprint density at radius 3 is 2.90 bits per heavy atom. The highest BCUT2D eigenvalue weighted by Gasteiger charge is 2.41. The molecule has 1 amide bonds. The number of hydrogen-bond donors (Lipinski definition) is 1. The van der Waals surface area contributed by atoms with Gasteiger partial charge >= 0.3 is 6.09 Å². The van der Waals surface area contributed by atoms with Crippen molar-refractivity contribution in [2.45, 2.75) is 23.5 Å². The first-order chi connectivity index (χ1) is 9.38. The van der Waals surface area contributed by atoms with Crippen molar-refractivity contribution in [2.75, 3.05) is 12.5 Å². The summed E-state index contributed by atoms with van der Waals surface area (Å²) in [5, 5.41) is 9.78. The molecule has 1 saturated heterocycles. The van der Waals surface area contributed by atoms with E-state index in [-0.39, 0.29) is 11.4 Å². The van der Waals surface area contributed by atoms with E-state index in [4.69, 9.17) is 4.74 Å². The fourth-order valence-electron chi connectivity index (χ4n) is 2.65. The minimum atomic E-state index is -3.68. The molecule has 2 aliphatic heterocycles. The van der Waals surface area contributed by atoms with E-state index in [9.17, 15) is 18.3 Å². The highest BCUT2D eigenvalue weighted by molar-refractivity contribution is 9.10. The molecule has 6 nitrogen and oxygen atoms in total. The van der Waals surface area contributed by atoms with Crippen LogP contribution in [0.5, 0.6) is 0 Å². The van der Waals surface area contributed by atoms with E-state index < -0.39 is 34.0 Å². The van der Waals surface area contributed by atoms with Gasteiger partial charge in [0.15, 0.2) is 5.94 Å². The second-order valence-corrected chi connectivity index (χ2v) is 7.70. The number of sulfone groups is 1. The molecule has 1 fully saturated rings. The van der Waals surface area contributed by atoms with Gasteiger partial charge in [-0.05, 0) is 30.2 Å². The summed E-state index contributed by atoms with van der Waals surface area (Å²) < 4.78 is 29.9. The van der Waals surface area contributed by atoms with Crippen molar-refractivity contribution in [3.05, 3.63) is 28.2 Å². The van der Waals surface area contributed by atoms with Gasteiger partial charge in [-0.1, -0.05) is 15.9 Å². The predicted molar refractivity (Wildman–Crippen MR) is 72.7 cm³/mol. The molecule has 1 N–H and O–H groups in total. The summed E-state index contributed by atoms with van der Waals surface area (Å²) in [5.74, 6) is -0.681. The zero-order valence-electron chi connectivity index (χ0n) is 10.3. The van der Waals surface area contributed by atoms with E-state index in [1.807, 2.05) is 0 Å². The lowest BCUT2D eigenvalue weighted by Gasteiger charge is -2.28. The van der Waals surface area contributed by atoms with Crippen molar-refractivity contribution < 1.29 is 23.1 Å². The van der Waals surface area contributed by atoms with Crippen LogP contribution in [-0.4, -0.2) is 43.1 Å². The number of benzene rings is 1. The average molecular weight is 362 g/mol. The number of rotatable bonds is 0. The van der Waals surface area contributed by atoms with E-state index in [1.54, 1.807) is 12.1 Å². The Kier molecular flexibility index (Phi) is 3.26. The summed E-state index contributed by atoms with van der Waals surface area (Å²) in [6.45, 7) is 0.148. The van der Waals surface area contributed by atoms with Gasteiger partial charge in [0.05, 0.1) is 23.6 Å². The monoisotopic (exact) mass is 361 g/mol. The summed E-state index contributed by atoms with van der Waals surface area (Å²) in [7, 11) is -3.68. The lowest BCUT2D eigenvalue weighted by molar-refractivity contribution is 0.105. The third-order valence-electron chi connectivity index (χ3n) is 3.52. The van der Waals surface area contributed by atoms with Crippen molar-refractivity contribution in [3.8, 4) is 0 Å². The fraction of sp³-hybridized carbons (Fsp3) is 0.417. The smallest absolute Gasteiger partial charge is 0.411 e. The Balaban J connectivity index is 2.21. The maximum absolute atomic E-state index is 12.2. The Labute approximate surface area is 124 Å². The first-order valence-electron chi connectivity index (χ1n) is 6.02. The zero-order valence-corrected chi connectivity index (χ0v) is 12.7. The van der Waals surface area contributed by atoms with Gasteiger partial charge in [0.2, 0.25) is 9.84 Å². The first-order valence-corrected chi connectivity index (χ1v) is 8.46. The molecule has 2 aliphatic rings. The molecular weight excluding hydrogens is 350 g/mol. The molecule has 0 aromatic heterocycles. The summed E-state index contributed by atoms with van der Waals surface area (Å²) in [6, 6.07) is 4.33. The molecule has 108 valence electrons. The predicted octanol–water partition coefficient (Wildman–Crippen LogP) is 1.44. The summed E-state index contributed by atoms with van der Waals surface area (Å²) >= 11 is 3.31. The number of amides is 1. The molecule has 3 rings (SSSR count). The Hall–Kier alpha value is -1.12. The second-order valence-electron chi connectivity index (χ2n) is 4.88. The molecule has 0 radical (unpaired) electrons. The number of aliphatic hydroxyl groups excluding tert-OH is 1. The van der Waals surface area contributed by atoms with E-state index >= 15 is 0 Å². The molecule has 2 heterocycles. The average Bonchev–Trinajstić information content (AvgIpc) is 2.77. The number of aliphatic hydroxyl groups is 1. The van der Waals surface area contributed by atoms with Gasteiger partial charge in [-0.3, -0.25) is 4.90 Å². The number of carbonyl (C=O) groups excluding carboxylic acids is 1. The molecule has 1 aromatic rings. The maximum atomic E-state index is 12.2. The SMILES string of the molecule is O=C1OCS(=O)(=O)c2ccc(Br)cc2[C@H]2C[C@@H](O)CN12. The van der Waals surface area contributed by atoms with Crippen LogP contribution >= 0.6 is 15.9 Å². The van der Waals surface area contributed by atoms with Crippen LogP contribution in [0.3, 0.4) is 0 Å². The van der Waals surface area contributed by atoms with Crippen LogP contribution in [0, 0.1) is 0 Å². The molecule has 20 heavy (non-hydrogen) atoms. The van der Waals surface area contributed by atoms with Gasteiger partial charge in [-0.25, -0.2) is 13.2 Å². The summed E-state index contributed by atoms with van der Waals surface area (Å²) in [4.78, 5) is 13.4. The normalized spacial score (nSPS) is 28.1. The molecule has 1 aromatic carbocycles. The highest BCUT2D eigenvalue weighted by atomic mass is 79.9. The van der Waals surface area contributed by atoms with Gasteiger partial charge in [-0.15, -0.1) is 0 Å². The number of fused-ring (bicyclic) bond motifs is 3. The van der Waals surface area contributed by atoms with E-state index in [2.05, 4.69) is 15.9 Å². The molecule has 0 unspecified atom stereocenters. The Morgan fingerprint density at radius 2 is 2.15 bits per heavy atom. The molecule has 0 bridgehead atoms. The quantitative estimate of drug-likeness (QED) is 0.755. The number of carbonyl (C=O) groups is 1. The van der Waals surface area contributed by atoms with Gasteiger partial charge in [0.25, 0.3) is 0 Å². The van der Waals surface area contributed by atoms with Crippen LogP contribution in [0.4, 0.5) is 4.79 Å². The van der Waals surface area contributed by atoms with Gasteiger partial charge in [0, 0.05) is 4.47 Å². The largest absolute Gasteiger partial charge is 0.433 e. The van der Waals surface area contributed by atoms with Crippen LogP contribution in [-0.2, 0) is 14.6 Å². The third kappa shape index (κ3) is 2.21. The van der Waals surface area contributed by atoms with Crippen LogP contribution in [0.1, 0.15) is 18.0 Å². The van der Waals surface area contributed by atoms with Crippen molar-refractivity contribution in [1.82, 2.24) is 4.90 Å². The van der Waals surface area contributed by atoms with Crippen molar-refractivity contribution in [2.24, 2.45) is 0 Å². The minimum Gasteiger partial charge on any atom is -0.433 e. The van der Waals surface area contributed by atoms with E-state index in [1.165, 1.54) is 11.0 Å². The highest BCUT2D eigenvalue weighted by Crippen LogP contribution is 2.39. The molecule has 0 spiro atoms. The second kappa shape index (κ2) is 4.71. The maximum Gasteiger partial charge on any atom is 0.411 e. The fourth-order valence-corrected chi connectivity index (χ4v) is 4.24. The molecule has 8 heteroatoms. The summed E-state index contributed by atoms with van der Waals surface area (Å²) in [6.07, 6.45) is -1.09. The van der Waals surface area contributed by atoms with E-state index in [0.29, 0.717) is 12.0 Å². The van der Waals surface area contributed by atoms with Crippen molar-refractivity contribution >= 4 is 31.9 Å². The molecular formula is C12H12BrNO5S. The standard InChI is InChI=1S/C12H12BrNO5S/c13-7-1-2-11-9(3-7)10-4-8(15)5-14(10)12(16)19-6-20(11,17)18/h1-3,8,10,15H,4-6H2/t8-,10-/m1/s1. The third-order valence-corrected chi connectivity index (χ3v) is 5.48. The van der Waals surface area contributed by atoms with Crippen molar-refractivity contribution in [1.29, 1.82) is 0 Å². The summed E-state index contributed by atoms with van der Waals surface area (Å²) in [5.41, 5.74) is 0.521. The topological polar surface area (TPSA) is 83.9 Å². The van der Waals surface area contributed by atoms with Crippen molar-refractivity contribution in [3.63, 3.8) is 0 Å². The molecule has 0 saturated carbocycles. The number of hydrogen-bond acceptors (Lipinski definition) is 5. The lowest BCUT2D eigenvalue weighted by Crippen LogP contribution is -2.36. The first kappa shape index (κ1) is 13.8. The van der Waals surface area contributed by atoms with Gasteiger partial charge in [0.1, 0.15) is 0 Å². The zero-order chi connectivity index (χ0) is 14.5. The minimum absolute atomic E-state index is 0.148. The number of halogens is 1. The number of ether oxygens (including phenoxy) is 1. The lowest BCUT2D eigenvalue weighted by atomic mass is 10.0. The van der Waals surface area contributed by atoms with Gasteiger partial charge < -0.3 is 9.84 Å². The Morgan fingerprint density at radius 1 is 1.40 bits per heavy atom. The molecule has 2 atom stereocenters. The van der Waals surface area contributed by atoms with E-state index in [0.717, 1.165) is 4.47 Å². The van der Waals surface area contributed by atoms with Gasteiger partial charge in [-0.2, -0.15) is 0 Å². The number of cyclic esters (lactones) is 1. The van der Waals surface area contributed by atoms with Crippen LogP contribution < -0.4 is 0 Å². The van der Waals surface area contributed by atoms with Crippen LogP contribution in [0.2, 0.25) is 0 Å².